The number of nitrogens with one attached hydrogen (secondary N) is 1. The molecule has 0 aliphatic heterocycles. The van der Waals surface area contributed by atoms with Crippen LogP contribution in [0.2, 0.25) is 0 Å². The molecule has 19 heavy (non-hydrogen) atoms. The molecule has 1 atom stereocenters. The van der Waals surface area contributed by atoms with E-state index in [4.69, 9.17) is 4.74 Å². The molecule has 0 radical (unpaired) electrons. The Balaban J connectivity index is 1.99. The van der Waals surface area contributed by atoms with Crippen LogP contribution >= 0.6 is 0 Å². The summed E-state index contributed by atoms with van der Waals surface area (Å²) in [7, 11) is 1.70. The van der Waals surface area contributed by atoms with Gasteiger partial charge in [-0.2, -0.15) is 0 Å². The molecule has 1 aromatic carbocycles. The summed E-state index contributed by atoms with van der Waals surface area (Å²) in [5.74, 6) is 0.906. The summed E-state index contributed by atoms with van der Waals surface area (Å²) >= 11 is 0. The topological polar surface area (TPSA) is 26.2 Å². The lowest BCUT2D eigenvalue weighted by Crippen LogP contribution is -2.19. The van der Waals surface area contributed by atoms with Gasteiger partial charge in [0.1, 0.15) is 5.75 Å². The number of rotatable bonds is 6. The summed E-state index contributed by atoms with van der Waals surface area (Å²) in [6.07, 6.45) is 2.12. The third-order valence-corrected chi connectivity index (χ3v) is 3.45. The van der Waals surface area contributed by atoms with Crippen LogP contribution in [-0.4, -0.2) is 11.7 Å². The Morgan fingerprint density at radius 3 is 2.84 bits per heavy atom. The molecule has 0 aliphatic carbocycles. The predicted octanol–water partition coefficient (Wildman–Crippen LogP) is 3.37. The van der Waals surface area contributed by atoms with Gasteiger partial charge in [0.05, 0.1) is 7.11 Å². The number of nitrogens with zero attached hydrogens (tertiary/aromatic N) is 1. The van der Waals surface area contributed by atoms with Crippen molar-refractivity contribution in [2.24, 2.45) is 0 Å². The number of ether oxygens (including phenoxy) is 1. The molecule has 0 amide bonds. The fourth-order valence-electron chi connectivity index (χ4n) is 2.20. The van der Waals surface area contributed by atoms with Gasteiger partial charge in [-0.05, 0) is 43.7 Å². The van der Waals surface area contributed by atoms with Crippen LogP contribution < -0.4 is 10.1 Å². The molecule has 2 aromatic rings. The molecule has 0 aliphatic rings. The van der Waals surface area contributed by atoms with Crippen LogP contribution in [-0.2, 0) is 13.1 Å². The first-order chi connectivity index (χ1) is 9.24. The summed E-state index contributed by atoms with van der Waals surface area (Å²) in [5, 5.41) is 3.55. The highest BCUT2D eigenvalue weighted by molar-refractivity contribution is 5.30. The molecule has 1 N–H and O–H groups in total. The second-order valence-corrected chi connectivity index (χ2v) is 4.66. The largest absolute Gasteiger partial charge is 0.497 e. The Bertz CT molecular complexity index is 519. The van der Waals surface area contributed by atoms with Gasteiger partial charge in [-0.1, -0.05) is 12.1 Å². The Hall–Kier alpha value is -1.74. The first-order valence-corrected chi connectivity index (χ1v) is 6.76. The third kappa shape index (κ3) is 3.38. The summed E-state index contributed by atoms with van der Waals surface area (Å²) in [5.41, 5.74) is 2.56. The lowest BCUT2D eigenvalue weighted by atomic mass is 10.1. The van der Waals surface area contributed by atoms with Crippen molar-refractivity contribution in [3.05, 3.63) is 53.9 Å². The second-order valence-electron chi connectivity index (χ2n) is 4.66. The van der Waals surface area contributed by atoms with Gasteiger partial charge >= 0.3 is 0 Å². The van der Waals surface area contributed by atoms with E-state index >= 15 is 0 Å². The summed E-state index contributed by atoms with van der Waals surface area (Å²) in [6, 6.07) is 12.8. The van der Waals surface area contributed by atoms with Crippen LogP contribution in [0.4, 0.5) is 0 Å². The zero-order chi connectivity index (χ0) is 13.7. The normalized spacial score (nSPS) is 12.4. The maximum Gasteiger partial charge on any atom is 0.119 e. The maximum atomic E-state index is 5.26. The SMILES string of the molecule is CCn1cccc1CN[C@@H](C)c1cccc(OC)c1. The van der Waals surface area contributed by atoms with E-state index in [1.54, 1.807) is 7.11 Å². The molecule has 0 fully saturated rings. The number of hydrogen-bond acceptors (Lipinski definition) is 2. The fraction of sp³-hybridized carbons (Fsp3) is 0.375. The number of hydrogen-bond donors (Lipinski definition) is 1. The van der Waals surface area contributed by atoms with Gasteiger partial charge in [-0.15, -0.1) is 0 Å². The molecule has 0 unspecified atom stereocenters. The lowest BCUT2D eigenvalue weighted by Gasteiger charge is -2.16. The van der Waals surface area contributed by atoms with E-state index in [1.807, 2.05) is 12.1 Å². The number of aryl methyl sites for hydroxylation is 1. The number of aromatic nitrogens is 1. The summed E-state index contributed by atoms with van der Waals surface area (Å²) in [6.45, 7) is 6.22. The van der Waals surface area contributed by atoms with Crippen molar-refractivity contribution in [1.29, 1.82) is 0 Å². The van der Waals surface area contributed by atoms with Gasteiger partial charge in [0.15, 0.2) is 0 Å². The highest BCUT2D eigenvalue weighted by Gasteiger charge is 2.07. The molecular formula is C16H22N2O. The Kier molecular flexibility index (Phi) is 4.63. The van der Waals surface area contributed by atoms with E-state index in [2.05, 4.69) is 54.2 Å². The monoisotopic (exact) mass is 258 g/mol. The quantitative estimate of drug-likeness (QED) is 0.859. The van der Waals surface area contributed by atoms with Crippen LogP contribution in [0.3, 0.4) is 0 Å². The van der Waals surface area contributed by atoms with Crippen molar-refractivity contribution >= 4 is 0 Å². The molecular weight excluding hydrogens is 236 g/mol. The first kappa shape index (κ1) is 13.7. The summed E-state index contributed by atoms with van der Waals surface area (Å²) in [4.78, 5) is 0. The minimum Gasteiger partial charge on any atom is -0.497 e. The van der Waals surface area contributed by atoms with E-state index in [1.165, 1.54) is 11.3 Å². The minimum absolute atomic E-state index is 0.301. The molecule has 1 heterocycles. The standard InChI is InChI=1S/C16H22N2O/c1-4-18-10-6-8-15(18)12-17-13(2)14-7-5-9-16(11-14)19-3/h5-11,13,17H,4,12H2,1-3H3/t13-/m0/s1. The molecule has 0 saturated carbocycles. The minimum atomic E-state index is 0.301. The van der Waals surface area contributed by atoms with Gasteiger partial charge in [-0.3, -0.25) is 0 Å². The van der Waals surface area contributed by atoms with Crippen LogP contribution in [0.15, 0.2) is 42.6 Å². The zero-order valence-electron chi connectivity index (χ0n) is 11.9. The van der Waals surface area contributed by atoms with Crippen LogP contribution in [0.5, 0.6) is 5.75 Å². The fourth-order valence-corrected chi connectivity index (χ4v) is 2.20. The third-order valence-electron chi connectivity index (χ3n) is 3.45. The van der Waals surface area contributed by atoms with Crippen LogP contribution in [0.25, 0.3) is 0 Å². The maximum absolute atomic E-state index is 5.26. The Labute approximate surface area is 115 Å². The smallest absolute Gasteiger partial charge is 0.119 e. The first-order valence-electron chi connectivity index (χ1n) is 6.76. The van der Waals surface area contributed by atoms with Crippen molar-refractivity contribution in [2.75, 3.05) is 7.11 Å². The van der Waals surface area contributed by atoms with Crippen molar-refractivity contribution in [2.45, 2.75) is 33.0 Å². The molecule has 3 nitrogen and oxygen atoms in total. The lowest BCUT2D eigenvalue weighted by molar-refractivity contribution is 0.413. The van der Waals surface area contributed by atoms with Gasteiger partial charge in [0.25, 0.3) is 0 Å². The van der Waals surface area contributed by atoms with Crippen LogP contribution in [0.1, 0.15) is 31.1 Å². The zero-order valence-corrected chi connectivity index (χ0v) is 11.9. The highest BCUT2D eigenvalue weighted by atomic mass is 16.5. The van der Waals surface area contributed by atoms with Crippen LogP contribution in [0, 0.1) is 0 Å². The molecule has 102 valence electrons. The number of benzene rings is 1. The van der Waals surface area contributed by atoms with Crippen molar-refractivity contribution in [1.82, 2.24) is 9.88 Å². The average molecular weight is 258 g/mol. The number of methoxy groups -OCH3 is 1. The molecule has 2 rings (SSSR count). The predicted molar refractivity (Wildman–Crippen MR) is 78.4 cm³/mol. The Morgan fingerprint density at radius 1 is 1.26 bits per heavy atom. The van der Waals surface area contributed by atoms with E-state index in [9.17, 15) is 0 Å². The molecule has 0 spiro atoms. The average Bonchev–Trinajstić information content (AvgIpc) is 2.92. The van der Waals surface area contributed by atoms with Gasteiger partial charge < -0.3 is 14.6 Å². The van der Waals surface area contributed by atoms with Gasteiger partial charge in [0, 0.05) is 31.0 Å². The van der Waals surface area contributed by atoms with E-state index in [0.717, 1.165) is 18.8 Å². The molecule has 0 saturated heterocycles. The Morgan fingerprint density at radius 2 is 2.11 bits per heavy atom. The van der Waals surface area contributed by atoms with Crippen molar-refractivity contribution < 1.29 is 4.74 Å². The highest BCUT2D eigenvalue weighted by Crippen LogP contribution is 2.19. The van der Waals surface area contributed by atoms with Gasteiger partial charge in [-0.25, -0.2) is 0 Å². The molecule has 0 bridgehead atoms. The van der Waals surface area contributed by atoms with Gasteiger partial charge in [0.2, 0.25) is 0 Å². The van der Waals surface area contributed by atoms with Crippen molar-refractivity contribution in [3.63, 3.8) is 0 Å². The summed E-state index contributed by atoms with van der Waals surface area (Å²) < 4.78 is 7.52. The van der Waals surface area contributed by atoms with E-state index in [0.29, 0.717) is 6.04 Å². The second kappa shape index (κ2) is 6.43. The van der Waals surface area contributed by atoms with Crippen molar-refractivity contribution in [3.8, 4) is 5.75 Å². The molecule has 3 heteroatoms. The molecule has 1 aromatic heterocycles. The van der Waals surface area contributed by atoms with E-state index in [-0.39, 0.29) is 0 Å². The van der Waals surface area contributed by atoms with E-state index < -0.39 is 0 Å².